The molecule has 4 rings (SSSR count). The van der Waals surface area contributed by atoms with Gasteiger partial charge in [-0.3, -0.25) is 9.89 Å². The van der Waals surface area contributed by atoms with Crippen molar-refractivity contribution in [2.24, 2.45) is 0 Å². The number of amides is 1. The maximum absolute atomic E-state index is 12.9. The van der Waals surface area contributed by atoms with Crippen molar-refractivity contribution in [3.8, 4) is 0 Å². The van der Waals surface area contributed by atoms with Crippen LogP contribution < -0.4 is 0 Å². The van der Waals surface area contributed by atoms with Gasteiger partial charge < -0.3 is 9.30 Å². The summed E-state index contributed by atoms with van der Waals surface area (Å²) < 4.78 is 1.86. The molecule has 3 aromatic heterocycles. The predicted octanol–water partition coefficient (Wildman–Crippen LogP) is 2.09. The molecule has 0 aromatic carbocycles. The van der Waals surface area contributed by atoms with Crippen molar-refractivity contribution in [1.82, 2.24) is 29.5 Å². The number of aromatic amines is 1. The number of rotatable bonds is 2. The van der Waals surface area contributed by atoms with E-state index in [2.05, 4.69) is 26.2 Å². The Morgan fingerprint density at radius 1 is 1.29 bits per heavy atom. The van der Waals surface area contributed by atoms with Crippen molar-refractivity contribution in [3.05, 3.63) is 47.4 Å². The number of nitrogens with one attached hydrogen (secondary N) is 1. The average Bonchev–Trinajstić information content (AvgIpc) is 3.18. The van der Waals surface area contributed by atoms with Gasteiger partial charge in [0.1, 0.15) is 0 Å². The van der Waals surface area contributed by atoms with Crippen LogP contribution in [-0.2, 0) is 0 Å². The third-order valence-corrected chi connectivity index (χ3v) is 4.62. The number of carbonyl (C=O) groups is 1. The Morgan fingerprint density at radius 2 is 2.08 bits per heavy atom. The summed E-state index contributed by atoms with van der Waals surface area (Å²) in [5.74, 6) is 0.374. The standard InChI is InChI=1S/C17H20N6O/c1-11-9-14(21-20-11)13-3-6-22(7-4-13)17(24)15-16-19-12(2)10-23(16)8-5-18-15/h5,8-10,13H,3-4,6-7H2,1-2H3,(H,20,21). The highest BCUT2D eigenvalue weighted by Crippen LogP contribution is 2.27. The fourth-order valence-corrected chi connectivity index (χ4v) is 3.37. The van der Waals surface area contributed by atoms with Gasteiger partial charge in [-0.2, -0.15) is 5.10 Å². The van der Waals surface area contributed by atoms with E-state index in [0.29, 0.717) is 17.3 Å². The number of imidazole rings is 1. The molecule has 0 bridgehead atoms. The molecule has 0 spiro atoms. The molecule has 0 radical (unpaired) electrons. The smallest absolute Gasteiger partial charge is 0.276 e. The Bertz CT molecular complexity index is 888. The maximum Gasteiger partial charge on any atom is 0.276 e. The molecule has 0 unspecified atom stereocenters. The van der Waals surface area contributed by atoms with E-state index in [0.717, 1.165) is 43.0 Å². The van der Waals surface area contributed by atoms with Crippen LogP contribution in [0, 0.1) is 13.8 Å². The van der Waals surface area contributed by atoms with Crippen LogP contribution in [0.3, 0.4) is 0 Å². The minimum Gasteiger partial charge on any atom is -0.337 e. The van der Waals surface area contributed by atoms with E-state index in [-0.39, 0.29) is 5.91 Å². The molecule has 1 aliphatic heterocycles. The minimum absolute atomic E-state index is 0.0390. The summed E-state index contributed by atoms with van der Waals surface area (Å²) in [6.45, 7) is 5.36. The van der Waals surface area contributed by atoms with Crippen LogP contribution in [0.5, 0.6) is 0 Å². The molecular weight excluding hydrogens is 304 g/mol. The lowest BCUT2D eigenvalue weighted by Crippen LogP contribution is -2.38. The number of likely N-dealkylation sites (tertiary alicyclic amines) is 1. The zero-order valence-corrected chi connectivity index (χ0v) is 13.9. The molecule has 7 heteroatoms. The molecule has 0 atom stereocenters. The van der Waals surface area contributed by atoms with E-state index in [1.165, 1.54) is 0 Å². The normalized spacial score (nSPS) is 16.0. The Labute approximate surface area is 139 Å². The molecule has 1 fully saturated rings. The van der Waals surface area contributed by atoms with Crippen LogP contribution in [0.2, 0.25) is 0 Å². The number of hydrogen-bond acceptors (Lipinski definition) is 4. The second-order valence-electron chi connectivity index (χ2n) is 6.43. The molecule has 24 heavy (non-hydrogen) atoms. The van der Waals surface area contributed by atoms with E-state index < -0.39 is 0 Å². The summed E-state index contributed by atoms with van der Waals surface area (Å²) in [7, 11) is 0. The SMILES string of the molecule is Cc1cn2ccnc(C(=O)N3CCC(c4cc(C)[nH]n4)CC3)c2n1. The lowest BCUT2D eigenvalue weighted by molar-refractivity contribution is 0.0707. The Kier molecular flexibility index (Phi) is 3.55. The number of hydrogen-bond donors (Lipinski definition) is 1. The highest BCUT2D eigenvalue weighted by atomic mass is 16.2. The van der Waals surface area contributed by atoms with E-state index in [4.69, 9.17) is 0 Å². The summed E-state index contributed by atoms with van der Waals surface area (Å²) in [5.41, 5.74) is 4.12. The van der Waals surface area contributed by atoms with E-state index >= 15 is 0 Å². The first-order valence-electron chi connectivity index (χ1n) is 8.23. The molecule has 1 N–H and O–H groups in total. The monoisotopic (exact) mass is 324 g/mol. The third kappa shape index (κ3) is 2.55. The van der Waals surface area contributed by atoms with Gasteiger partial charge in [-0.15, -0.1) is 0 Å². The molecule has 1 aliphatic rings. The average molecular weight is 324 g/mol. The molecule has 124 valence electrons. The Morgan fingerprint density at radius 3 is 2.79 bits per heavy atom. The van der Waals surface area contributed by atoms with Crippen molar-refractivity contribution in [2.75, 3.05) is 13.1 Å². The summed E-state index contributed by atoms with van der Waals surface area (Å²) in [6, 6.07) is 2.09. The molecule has 0 aliphatic carbocycles. The Hall–Kier alpha value is -2.70. The van der Waals surface area contributed by atoms with Crippen molar-refractivity contribution >= 4 is 11.6 Å². The number of H-pyrrole nitrogens is 1. The first-order valence-corrected chi connectivity index (χ1v) is 8.23. The molecule has 1 amide bonds. The number of piperidine rings is 1. The molecule has 1 saturated heterocycles. The molecule has 4 heterocycles. The van der Waals surface area contributed by atoms with Crippen LogP contribution in [0.25, 0.3) is 5.65 Å². The van der Waals surface area contributed by atoms with Gasteiger partial charge in [0.05, 0.1) is 11.4 Å². The largest absolute Gasteiger partial charge is 0.337 e. The summed E-state index contributed by atoms with van der Waals surface area (Å²) in [5, 5.41) is 7.35. The van der Waals surface area contributed by atoms with Gasteiger partial charge in [-0.25, -0.2) is 9.97 Å². The second-order valence-corrected chi connectivity index (χ2v) is 6.43. The fourth-order valence-electron chi connectivity index (χ4n) is 3.37. The lowest BCUT2D eigenvalue weighted by atomic mass is 9.93. The Balaban J connectivity index is 1.51. The van der Waals surface area contributed by atoms with Crippen LogP contribution >= 0.6 is 0 Å². The van der Waals surface area contributed by atoms with E-state index in [9.17, 15) is 4.79 Å². The number of nitrogens with zero attached hydrogens (tertiary/aromatic N) is 5. The zero-order chi connectivity index (χ0) is 16.7. The topological polar surface area (TPSA) is 79.2 Å². The van der Waals surface area contributed by atoms with Crippen molar-refractivity contribution < 1.29 is 4.79 Å². The second kappa shape index (κ2) is 5.74. The van der Waals surface area contributed by atoms with Crippen molar-refractivity contribution in [2.45, 2.75) is 32.6 Å². The number of aryl methyl sites for hydroxylation is 2. The summed E-state index contributed by atoms with van der Waals surface area (Å²) >= 11 is 0. The third-order valence-electron chi connectivity index (χ3n) is 4.62. The number of aromatic nitrogens is 5. The maximum atomic E-state index is 12.9. The molecule has 7 nitrogen and oxygen atoms in total. The fraction of sp³-hybridized carbons (Fsp3) is 0.412. The van der Waals surface area contributed by atoms with Crippen LogP contribution in [0.4, 0.5) is 0 Å². The molecule has 0 saturated carbocycles. The quantitative estimate of drug-likeness (QED) is 0.783. The van der Waals surface area contributed by atoms with Gasteiger partial charge in [0, 0.05) is 43.3 Å². The van der Waals surface area contributed by atoms with Gasteiger partial charge in [0.2, 0.25) is 0 Å². The van der Waals surface area contributed by atoms with Crippen LogP contribution in [0.15, 0.2) is 24.7 Å². The van der Waals surface area contributed by atoms with Gasteiger partial charge in [0.15, 0.2) is 11.3 Å². The summed E-state index contributed by atoms with van der Waals surface area (Å²) in [6.07, 6.45) is 7.22. The van der Waals surface area contributed by atoms with Crippen LogP contribution in [0.1, 0.15) is 46.3 Å². The first kappa shape index (κ1) is 14.9. The minimum atomic E-state index is -0.0390. The number of fused-ring (bicyclic) bond motifs is 1. The van der Waals surface area contributed by atoms with Gasteiger partial charge in [0.25, 0.3) is 5.91 Å². The van der Waals surface area contributed by atoms with E-state index in [1.807, 2.05) is 35.5 Å². The van der Waals surface area contributed by atoms with Crippen molar-refractivity contribution in [1.29, 1.82) is 0 Å². The highest BCUT2D eigenvalue weighted by molar-refractivity contribution is 5.97. The van der Waals surface area contributed by atoms with Crippen molar-refractivity contribution in [3.63, 3.8) is 0 Å². The highest BCUT2D eigenvalue weighted by Gasteiger charge is 2.27. The van der Waals surface area contributed by atoms with E-state index in [1.54, 1.807) is 6.20 Å². The van der Waals surface area contributed by atoms with Gasteiger partial charge in [-0.1, -0.05) is 0 Å². The number of carbonyl (C=O) groups excluding carboxylic acids is 1. The van der Waals surface area contributed by atoms with Crippen LogP contribution in [-0.4, -0.2) is 48.5 Å². The lowest BCUT2D eigenvalue weighted by Gasteiger charge is -2.31. The van der Waals surface area contributed by atoms with Gasteiger partial charge in [-0.05, 0) is 32.8 Å². The van der Waals surface area contributed by atoms with Gasteiger partial charge >= 0.3 is 0 Å². The molecule has 3 aromatic rings. The first-order chi connectivity index (χ1) is 11.6. The molecular formula is C17H20N6O. The predicted molar refractivity (Wildman–Crippen MR) is 88.9 cm³/mol. The summed E-state index contributed by atoms with van der Waals surface area (Å²) in [4.78, 5) is 23.5. The zero-order valence-electron chi connectivity index (χ0n) is 13.9.